The van der Waals surface area contributed by atoms with Crippen LogP contribution in [0.5, 0.6) is 0 Å². The van der Waals surface area contributed by atoms with Crippen LogP contribution in [-0.2, 0) is 26.4 Å². The Morgan fingerprint density at radius 3 is 2.20 bits per heavy atom. The molecule has 1 N–H and O–H groups in total. The van der Waals surface area contributed by atoms with Gasteiger partial charge in [0.05, 0.1) is 20.0 Å². The second-order valence-electron chi connectivity index (χ2n) is 7.07. The molecule has 0 unspecified atom stereocenters. The van der Waals surface area contributed by atoms with Crippen molar-refractivity contribution in [1.29, 1.82) is 0 Å². The maximum Gasteiger partial charge on any atom is 0.308 e. The molecule has 0 saturated heterocycles. The Morgan fingerprint density at radius 2 is 1.63 bits per heavy atom. The van der Waals surface area contributed by atoms with E-state index >= 15 is 0 Å². The van der Waals surface area contributed by atoms with E-state index in [1.807, 2.05) is 13.8 Å². The topological polar surface area (TPSA) is 102 Å². The third kappa shape index (κ3) is 4.66. The zero-order valence-electron chi connectivity index (χ0n) is 17.0. The van der Waals surface area contributed by atoms with E-state index in [-0.39, 0.29) is 14.7 Å². The minimum atomic E-state index is -3.84. The Morgan fingerprint density at radius 1 is 1.00 bits per heavy atom. The summed E-state index contributed by atoms with van der Waals surface area (Å²) < 4.78 is 54.2. The van der Waals surface area contributed by atoms with Gasteiger partial charge in [-0.1, -0.05) is 37.3 Å². The van der Waals surface area contributed by atoms with E-state index in [0.29, 0.717) is 23.2 Å². The lowest BCUT2D eigenvalue weighted by molar-refractivity contribution is 0.550. The number of nitrogens with zero attached hydrogens (tertiary/aromatic N) is 1. The molecule has 1 aromatic heterocycles. The van der Waals surface area contributed by atoms with Gasteiger partial charge in [0.1, 0.15) is 0 Å². The minimum Gasteiger partial charge on any atom is -0.299 e. The third-order valence-corrected chi connectivity index (χ3v) is 8.35. The highest BCUT2D eigenvalue weighted by atomic mass is 32.2. The van der Waals surface area contributed by atoms with Crippen LogP contribution in [0.25, 0.3) is 10.2 Å². The Labute approximate surface area is 180 Å². The Hall–Kier alpha value is -2.01. The molecule has 0 aliphatic rings. The summed E-state index contributed by atoms with van der Waals surface area (Å²) in [4.78, 5) is 12.3. The van der Waals surface area contributed by atoms with Gasteiger partial charge >= 0.3 is 4.87 Å². The molecule has 10 heteroatoms. The Balaban J connectivity index is 1.91. The molecule has 0 bridgehead atoms. The van der Waals surface area contributed by atoms with Gasteiger partial charge in [-0.3, -0.25) is 9.36 Å². The molecule has 3 aromatic rings. The standard InChI is InChI=1S/C20H24N2O5S3/c1-4-12-22-18-11-10-16(13-19(18)28-20(22)23)30(26,27)21-17(5-2)14-6-8-15(9-7-14)29(3,24)25/h6-11,13,17,21H,4-5,12H2,1-3H3/t17-/m1/s1. The van der Waals surface area contributed by atoms with Gasteiger partial charge in [0, 0.05) is 18.8 Å². The molecule has 0 aliphatic carbocycles. The summed E-state index contributed by atoms with van der Waals surface area (Å²) in [6.07, 6.45) is 2.42. The fourth-order valence-electron chi connectivity index (χ4n) is 3.24. The second kappa shape index (κ2) is 8.62. The van der Waals surface area contributed by atoms with E-state index in [1.54, 1.807) is 22.8 Å². The Bertz CT molecular complexity index is 1320. The highest BCUT2D eigenvalue weighted by molar-refractivity contribution is 7.90. The highest BCUT2D eigenvalue weighted by Gasteiger charge is 2.22. The molecule has 1 atom stereocenters. The number of thiazole rings is 1. The van der Waals surface area contributed by atoms with E-state index < -0.39 is 25.9 Å². The molecule has 0 aliphatic heterocycles. The van der Waals surface area contributed by atoms with Crippen LogP contribution in [-0.4, -0.2) is 27.7 Å². The number of hydrogen-bond donors (Lipinski definition) is 1. The zero-order valence-corrected chi connectivity index (χ0v) is 19.4. The van der Waals surface area contributed by atoms with E-state index in [0.717, 1.165) is 29.5 Å². The summed E-state index contributed by atoms with van der Waals surface area (Å²) in [5, 5.41) is 0. The number of rotatable bonds is 8. The number of nitrogens with one attached hydrogen (secondary N) is 1. The second-order valence-corrected chi connectivity index (χ2v) is 11.8. The molecule has 0 spiro atoms. The first-order valence-electron chi connectivity index (χ1n) is 9.52. The van der Waals surface area contributed by atoms with Crippen molar-refractivity contribution in [1.82, 2.24) is 9.29 Å². The zero-order chi connectivity index (χ0) is 22.1. The summed E-state index contributed by atoms with van der Waals surface area (Å²) in [6, 6.07) is 10.4. The molecule has 3 rings (SSSR count). The predicted molar refractivity (Wildman–Crippen MR) is 119 cm³/mol. The first-order chi connectivity index (χ1) is 14.1. The van der Waals surface area contributed by atoms with Crippen LogP contribution in [0.1, 0.15) is 38.3 Å². The van der Waals surface area contributed by atoms with Gasteiger partial charge < -0.3 is 0 Å². The van der Waals surface area contributed by atoms with Crippen molar-refractivity contribution in [3.05, 3.63) is 57.7 Å². The van der Waals surface area contributed by atoms with Gasteiger partial charge in [-0.05, 0) is 48.7 Å². The molecule has 0 radical (unpaired) electrons. The first kappa shape index (κ1) is 22.7. The molecule has 2 aromatic carbocycles. The van der Waals surface area contributed by atoms with Crippen LogP contribution >= 0.6 is 11.3 Å². The van der Waals surface area contributed by atoms with Crippen LogP contribution in [0.3, 0.4) is 0 Å². The van der Waals surface area contributed by atoms with Crippen molar-refractivity contribution in [3.8, 4) is 0 Å². The fourth-order valence-corrected chi connectivity index (χ4v) is 6.23. The summed E-state index contributed by atoms with van der Waals surface area (Å²) in [5.41, 5.74) is 1.41. The largest absolute Gasteiger partial charge is 0.308 e. The van der Waals surface area contributed by atoms with Crippen molar-refractivity contribution >= 4 is 41.4 Å². The lowest BCUT2D eigenvalue weighted by Crippen LogP contribution is -2.28. The van der Waals surface area contributed by atoms with Crippen LogP contribution in [0, 0.1) is 0 Å². The van der Waals surface area contributed by atoms with Crippen molar-refractivity contribution < 1.29 is 16.8 Å². The van der Waals surface area contributed by atoms with Crippen molar-refractivity contribution in [3.63, 3.8) is 0 Å². The monoisotopic (exact) mass is 468 g/mol. The number of sulfonamides is 1. The molecule has 7 nitrogen and oxygen atoms in total. The average molecular weight is 469 g/mol. The van der Waals surface area contributed by atoms with Crippen LogP contribution < -0.4 is 9.60 Å². The summed E-state index contributed by atoms with van der Waals surface area (Å²) >= 11 is 1.03. The SMILES string of the molecule is CCCn1c(=O)sc2cc(S(=O)(=O)N[C@H](CC)c3ccc(S(C)(=O)=O)cc3)ccc21. The average Bonchev–Trinajstić information content (AvgIpc) is 3.00. The number of benzene rings is 2. The lowest BCUT2D eigenvalue weighted by Gasteiger charge is -2.18. The Kier molecular flexibility index (Phi) is 6.51. The predicted octanol–water partition coefficient (Wildman–Crippen LogP) is 3.31. The number of aromatic nitrogens is 1. The molecular weight excluding hydrogens is 444 g/mol. The van der Waals surface area contributed by atoms with E-state index in [1.165, 1.54) is 24.3 Å². The van der Waals surface area contributed by atoms with Gasteiger partial charge in [0.15, 0.2) is 9.84 Å². The summed E-state index contributed by atoms with van der Waals surface area (Å²) in [6.45, 7) is 4.41. The number of aryl methyl sites for hydroxylation is 1. The normalized spacial score (nSPS) is 13.6. The maximum atomic E-state index is 13.0. The van der Waals surface area contributed by atoms with E-state index in [2.05, 4.69) is 4.72 Å². The quantitative estimate of drug-likeness (QED) is 0.546. The number of hydrogen-bond acceptors (Lipinski definition) is 6. The molecule has 30 heavy (non-hydrogen) atoms. The molecule has 0 saturated carbocycles. The number of fused-ring (bicyclic) bond motifs is 1. The molecule has 162 valence electrons. The maximum absolute atomic E-state index is 13.0. The lowest BCUT2D eigenvalue weighted by atomic mass is 10.1. The minimum absolute atomic E-state index is 0.0890. The van der Waals surface area contributed by atoms with Gasteiger partial charge in [0.2, 0.25) is 10.0 Å². The number of sulfone groups is 1. The highest BCUT2D eigenvalue weighted by Crippen LogP contribution is 2.25. The smallest absolute Gasteiger partial charge is 0.299 e. The van der Waals surface area contributed by atoms with Crippen molar-refractivity contribution in [2.45, 2.75) is 49.1 Å². The van der Waals surface area contributed by atoms with Gasteiger partial charge in [-0.15, -0.1) is 0 Å². The van der Waals surface area contributed by atoms with Crippen LogP contribution in [0.15, 0.2) is 57.1 Å². The molecular formula is C20H24N2O5S3. The third-order valence-electron chi connectivity index (χ3n) is 4.81. The molecule has 1 heterocycles. The van der Waals surface area contributed by atoms with Crippen molar-refractivity contribution in [2.75, 3.05) is 6.26 Å². The van der Waals surface area contributed by atoms with E-state index in [4.69, 9.17) is 0 Å². The van der Waals surface area contributed by atoms with Crippen molar-refractivity contribution in [2.24, 2.45) is 0 Å². The molecule has 0 fully saturated rings. The van der Waals surface area contributed by atoms with E-state index in [9.17, 15) is 21.6 Å². The van der Waals surface area contributed by atoms with Gasteiger partial charge in [-0.2, -0.15) is 0 Å². The summed E-state index contributed by atoms with van der Waals surface area (Å²) in [5.74, 6) is 0. The van der Waals surface area contributed by atoms with Gasteiger partial charge in [-0.25, -0.2) is 21.6 Å². The first-order valence-corrected chi connectivity index (χ1v) is 13.7. The van der Waals surface area contributed by atoms with Crippen LogP contribution in [0.2, 0.25) is 0 Å². The van der Waals surface area contributed by atoms with Gasteiger partial charge in [0.25, 0.3) is 0 Å². The van der Waals surface area contributed by atoms with Crippen LogP contribution in [0.4, 0.5) is 0 Å². The fraction of sp³-hybridized carbons (Fsp3) is 0.350. The summed E-state index contributed by atoms with van der Waals surface area (Å²) in [7, 11) is -7.16. The molecule has 0 amide bonds.